The van der Waals surface area contributed by atoms with E-state index < -0.39 is 5.82 Å². The van der Waals surface area contributed by atoms with Crippen molar-refractivity contribution in [1.82, 2.24) is 9.38 Å². The molecule has 0 aliphatic carbocycles. The van der Waals surface area contributed by atoms with E-state index in [9.17, 15) is 14.0 Å². The van der Waals surface area contributed by atoms with Crippen LogP contribution in [-0.4, -0.2) is 49.1 Å². The lowest BCUT2D eigenvalue weighted by Gasteiger charge is -2.19. The van der Waals surface area contributed by atoms with Crippen LogP contribution in [0.5, 0.6) is 5.75 Å². The number of amides is 2. The van der Waals surface area contributed by atoms with E-state index in [4.69, 9.17) is 9.47 Å². The summed E-state index contributed by atoms with van der Waals surface area (Å²) in [5.74, 6) is -1.06. The van der Waals surface area contributed by atoms with Gasteiger partial charge in [-0.2, -0.15) is 0 Å². The number of hydrogen-bond donors (Lipinski definition) is 1. The van der Waals surface area contributed by atoms with Crippen LogP contribution in [0, 0.1) is 12.7 Å². The van der Waals surface area contributed by atoms with E-state index in [0.717, 1.165) is 22.5 Å². The van der Waals surface area contributed by atoms with Gasteiger partial charge in [0.25, 0.3) is 5.91 Å². The molecule has 0 aliphatic rings. The van der Waals surface area contributed by atoms with E-state index in [1.54, 1.807) is 25.4 Å². The molecule has 2 aromatic heterocycles. The van der Waals surface area contributed by atoms with E-state index in [-0.39, 0.29) is 24.2 Å². The minimum atomic E-state index is -0.531. The monoisotopic (exact) mass is 476 g/mol. The standard InChI is InChI=1S/C26H25FN4O4/c1-16-11-20(30(2)26(33)18-7-10-21(27)23(12-18)35-4)14-31-22(13-28-25(16)31)17-5-8-19(9-6-17)29-24(32)15-34-3/h5-14H,15H2,1-4H3,(H,29,32). The highest BCUT2D eigenvalue weighted by atomic mass is 19.1. The highest BCUT2D eigenvalue weighted by Gasteiger charge is 2.18. The van der Waals surface area contributed by atoms with Crippen molar-refractivity contribution in [2.45, 2.75) is 6.92 Å². The Morgan fingerprint density at radius 3 is 2.54 bits per heavy atom. The first kappa shape index (κ1) is 23.9. The summed E-state index contributed by atoms with van der Waals surface area (Å²) in [5.41, 5.74) is 4.95. The molecular weight excluding hydrogens is 451 g/mol. The Balaban J connectivity index is 1.66. The molecule has 0 bridgehead atoms. The van der Waals surface area contributed by atoms with Gasteiger partial charge in [-0.15, -0.1) is 0 Å². The fourth-order valence-corrected chi connectivity index (χ4v) is 3.79. The van der Waals surface area contributed by atoms with Crippen LogP contribution in [0.25, 0.3) is 16.9 Å². The highest BCUT2D eigenvalue weighted by molar-refractivity contribution is 6.06. The zero-order valence-electron chi connectivity index (χ0n) is 19.8. The molecule has 0 saturated heterocycles. The lowest BCUT2D eigenvalue weighted by molar-refractivity contribution is -0.119. The van der Waals surface area contributed by atoms with Crippen LogP contribution < -0.4 is 15.0 Å². The summed E-state index contributed by atoms with van der Waals surface area (Å²) in [5, 5.41) is 2.76. The Kier molecular flexibility index (Phi) is 6.79. The number of rotatable bonds is 7. The molecule has 0 atom stereocenters. The molecule has 4 aromatic rings. The van der Waals surface area contributed by atoms with Crippen molar-refractivity contribution in [2.75, 3.05) is 38.1 Å². The first-order chi connectivity index (χ1) is 16.8. The molecule has 0 saturated carbocycles. The fourth-order valence-electron chi connectivity index (χ4n) is 3.79. The van der Waals surface area contributed by atoms with Gasteiger partial charge in [0.15, 0.2) is 11.6 Å². The first-order valence-electron chi connectivity index (χ1n) is 10.8. The number of hydrogen-bond acceptors (Lipinski definition) is 5. The largest absolute Gasteiger partial charge is 0.494 e. The van der Waals surface area contributed by atoms with Gasteiger partial charge in [-0.25, -0.2) is 9.37 Å². The first-order valence-corrected chi connectivity index (χ1v) is 10.8. The summed E-state index contributed by atoms with van der Waals surface area (Å²) in [6.45, 7) is 1.90. The smallest absolute Gasteiger partial charge is 0.258 e. The van der Waals surface area contributed by atoms with Gasteiger partial charge in [-0.1, -0.05) is 12.1 Å². The predicted molar refractivity (Wildman–Crippen MR) is 132 cm³/mol. The maximum atomic E-state index is 13.8. The van der Waals surface area contributed by atoms with Crippen LogP contribution in [0.2, 0.25) is 0 Å². The van der Waals surface area contributed by atoms with Crippen molar-refractivity contribution >= 4 is 28.8 Å². The Labute approximate surface area is 201 Å². The maximum Gasteiger partial charge on any atom is 0.258 e. The summed E-state index contributed by atoms with van der Waals surface area (Å²) >= 11 is 0. The number of fused-ring (bicyclic) bond motifs is 1. The molecule has 0 spiro atoms. The van der Waals surface area contributed by atoms with Crippen molar-refractivity contribution in [3.05, 3.63) is 77.9 Å². The molecule has 0 unspecified atom stereocenters. The number of carbonyl (C=O) groups is 2. The molecule has 2 aromatic carbocycles. The summed E-state index contributed by atoms with van der Waals surface area (Å²) in [6.07, 6.45) is 3.59. The molecule has 0 aliphatic heterocycles. The summed E-state index contributed by atoms with van der Waals surface area (Å²) < 4.78 is 25.5. The van der Waals surface area contributed by atoms with Crippen molar-refractivity contribution in [2.24, 2.45) is 0 Å². The van der Waals surface area contributed by atoms with E-state index in [2.05, 4.69) is 10.3 Å². The summed E-state index contributed by atoms with van der Waals surface area (Å²) in [4.78, 5) is 30.9. The fraction of sp³-hybridized carbons (Fsp3) is 0.192. The predicted octanol–water partition coefficient (Wildman–Crippen LogP) is 4.32. The minimum absolute atomic E-state index is 0.00892. The topological polar surface area (TPSA) is 85.2 Å². The lowest BCUT2D eigenvalue weighted by Crippen LogP contribution is -2.26. The third-order valence-corrected chi connectivity index (χ3v) is 5.61. The lowest BCUT2D eigenvalue weighted by atomic mass is 10.1. The number of imidazole rings is 1. The van der Waals surface area contributed by atoms with Gasteiger partial charge in [0.2, 0.25) is 5.91 Å². The second-order valence-corrected chi connectivity index (χ2v) is 7.99. The second-order valence-electron chi connectivity index (χ2n) is 7.99. The molecule has 35 heavy (non-hydrogen) atoms. The van der Waals surface area contributed by atoms with Gasteiger partial charge < -0.3 is 19.7 Å². The van der Waals surface area contributed by atoms with Gasteiger partial charge in [0.05, 0.1) is 24.7 Å². The Morgan fingerprint density at radius 1 is 1.11 bits per heavy atom. The van der Waals surface area contributed by atoms with Crippen molar-refractivity contribution < 1.29 is 23.5 Å². The van der Waals surface area contributed by atoms with Crippen LogP contribution in [0.15, 0.2) is 60.9 Å². The summed E-state index contributed by atoms with van der Waals surface area (Å²) in [7, 11) is 4.48. The second kappa shape index (κ2) is 9.94. The average molecular weight is 477 g/mol. The molecule has 0 fully saturated rings. The molecular formula is C26H25FN4O4. The van der Waals surface area contributed by atoms with Crippen LogP contribution in [0.3, 0.4) is 0 Å². The molecule has 2 heterocycles. The van der Waals surface area contributed by atoms with E-state index in [1.807, 2.05) is 35.7 Å². The zero-order valence-corrected chi connectivity index (χ0v) is 19.8. The third-order valence-electron chi connectivity index (χ3n) is 5.61. The Hall–Kier alpha value is -4.24. The normalized spacial score (nSPS) is 10.9. The van der Waals surface area contributed by atoms with Crippen molar-refractivity contribution in [3.8, 4) is 17.0 Å². The number of nitrogens with zero attached hydrogens (tertiary/aromatic N) is 3. The number of ether oxygens (including phenoxy) is 2. The minimum Gasteiger partial charge on any atom is -0.494 e. The van der Waals surface area contributed by atoms with Crippen LogP contribution in [-0.2, 0) is 9.53 Å². The summed E-state index contributed by atoms with van der Waals surface area (Å²) in [6, 6.07) is 13.3. The zero-order chi connectivity index (χ0) is 25.1. The van der Waals surface area contributed by atoms with Crippen molar-refractivity contribution in [1.29, 1.82) is 0 Å². The maximum absolute atomic E-state index is 13.8. The Bertz CT molecular complexity index is 1400. The number of aryl methyl sites for hydroxylation is 1. The van der Waals surface area contributed by atoms with Gasteiger partial charge in [0.1, 0.15) is 12.3 Å². The number of anilines is 2. The Morgan fingerprint density at radius 2 is 1.86 bits per heavy atom. The van der Waals surface area contributed by atoms with Crippen LogP contribution >= 0.6 is 0 Å². The average Bonchev–Trinajstić information content (AvgIpc) is 3.28. The molecule has 2 amide bonds. The third kappa shape index (κ3) is 4.85. The number of benzene rings is 2. The molecule has 1 N–H and O–H groups in total. The molecule has 8 nitrogen and oxygen atoms in total. The van der Waals surface area contributed by atoms with Gasteiger partial charge in [-0.05, 0) is 48.9 Å². The highest BCUT2D eigenvalue weighted by Crippen LogP contribution is 2.28. The van der Waals surface area contributed by atoms with Crippen LogP contribution in [0.1, 0.15) is 15.9 Å². The SMILES string of the molecule is COCC(=O)Nc1ccc(-c2cnc3c(C)cc(N(C)C(=O)c4ccc(F)c(OC)c4)cn23)cc1. The molecule has 9 heteroatoms. The van der Waals surface area contributed by atoms with E-state index in [0.29, 0.717) is 16.9 Å². The van der Waals surface area contributed by atoms with E-state index >= 15 is 0 Å². The number of aromatic nitrogens is 2. The van der Waals surface area contributed by atoms with Gasteiger partial charge in [-0.3, -0.25) is 14.0 Å². The number of carbonyl (C=O) groups excluding carboxylic acids is 2. The molecule has 180 valence electrons. The van der Waals surface area contributed by atoms with Crippen LogP contribution in [0.4, 0.5) is 15.8 Å². The molecule has 4 rings (SSSR count). The van der Waals surface area contributed by atoms with E-state index in [1.165, 1.54) is 37.3 Å². The van der Waals surface area contributed by atoms with Gasteiger partial charge in [0, 0.05) is 37.2 Å². The van der Waals surface area contributed by atoms with Crippen molar-refractivity contribution in [3.63, 3.8) is 0 Å². The molecule has 0 radical (unpaired) electrons. The van der Waals surface area contributed by atoms with Gasteiger partial charge >= 0.3 is 0 Å². The quantitative estimate of drug-likeness (QED) is 0.430. The number of halogens is 1. The number of pyridine rings is 1. The number of nitrogens with one attached hydrogen (secondary N) is 1. The number of methoxy groups -OCH3 is 2.